The van der Waals surface area contributed by atoms with Crippen molar-refractivity contribution in [2.45, 2.75) is 6.42 Å². The smallest absolute Gasteiger partial charge is 0.161 e. The topological polar surface area (TPSA) is 98.0 Å². The molecule has 0 fully saturated rings. The molecule has 0 aliphatic carbocycles. The molecule has 0 radical (unpaired) electrons. The van der Waals surface area contributed by atoms with Crippen LogP contribution in [0.2, 0.25) is 0 Å². The predicted octanol–water partition coefficient (Wildman–Crippen LogP) is 1.97. The maximum absolute atomic E-state index is 11.0. The van der Waals surface area contributed by atoms with Gasteiger partial charge < -0.3 is 20.4 Å². The van der Waals surface area contributed by atoms with Crippen LogP contribution in [0.25, 0.3) is 5.57 Å². The molecule has 5 heteroatoms. The molecule has 2 rings (SSSR count). The van der Waals surface area contributed by atoms with Crippen LogP contribution in [0.5, 0.6) is 23.0 Å². The first kappa shape index (κ1) is 13.5. The Bertz CT molecular complexity index is 682. The van der Waals surface area contributed by atoms with E-state index in [2.05, 4.69) is 0 Å². The molecule has 0 heterocycles. The third-order valence-electron chi connectivity index (χ3n) is 2.88. The maximum Gasteiger partial charge on any atom is 0.161 e. The van der Waals surface area contributed by atoms with Gasteiger partial charge in [0.15, 0.2) is 11.5 Å². The minimum atomic E-state index is -0.437. The first-order valence-corrected chi connectivity index (χ1v) is 5.78. The Balaban J connectivity index is 2.34. The summed E-state index contributed by atoms with van der Waals surface area (Å²) in [6.45, 7) is 0. The van der Waals surface area contributed by atoms with Crippen molar-refractivity contribution in [3.8, 4) is 23.0 Å². The van der Waals surface area contributed by atoms with Gasteiger partial charge in [-0.2, -0.15) is 0 Å². The van der Waals surface area contributed by atoms with E-state index >= 15 is 0 Å². The van der Waals surface area contributed by atoms with E-state index in [1.165, 1.54) is 18.2 Å². The first-order chi connectivity index (χ1) is 9.51. The number of carbonyl (C=O) groups excluding carboxylic acids is 1. The van der Waals surface area contributed by atoms with Crippen LogP contribution in [-0.2, 0) is 11.2 Å². The summed E-state index contributed by atoms with van der Waals surface area (Å²) in [4.78, 5) is 11.0. The van der Waals surface area contributed by atoms with E-state index in [9.17, 15) is 25.2 Å². The molecule has 20 heavy (non-hydrogen) atoms. The number of aromatic hydroxyl groups is 4. The van der Waals surface area contributed by atoms with Gasteiger partial charge in [0.25, 0.3) is 0 Å². The number of phenolic OH excluding ortho intramolecular Hbond substituents is 4. The molecule has 0 atom stereocenters. The van der Waals surface area contributed by atoms with Crippen LogP contribution in [0.4, 0.5) is 0 Å². The first-order valence-electron chi connectivity index (χ1n) is 5.78. The van der Waals surface area contributed by atoms with Crippen molar-refractivity contribution < 1.29 is 25.2 Å². The zero-order chi connectivity index (χ0) is 14.7. The van der Waals surface area contributed by atoms with E-state index in [4.69, 9.17) is 0 Å². The molecule has 0 spiro atoms. The predicted molar refractivity (Wildman–Crippen MR) is 72.3 cm³/mol. The van der Waals surface area contributed by atoms with Crippen molar-refractivity contribution in [1.29, 1.82) is 0 Å². The zero-order valence-electron chi connectivity index (χ0n) is 10.4. The molecule has 0 aliphatic rings. The third kappa shape index (κ3) is 2.74. The fourth-order valence-corrected chi connectivity index (χ4v) is 1.80. The van der Waals surface area contributed by atoms with E-state index in [1.54, 1.807) is 18.1 Å². The van der Waals surface area contributed by atoms with Crippen molar-refractivity contribution in [1.82, 2.24) is 0 Å². The number of phenols is 4. The van der Waals surface area contributed by atoms with Crippen LogP contribution in [0.3, 0.4) is 0 Å². The van der Waals surface area contributed by atoms with Crippen LogP contribution >= 0.6 is 0 Å². The molecule has 0 saturated carbocycles. The summed E-state index contributed by atoms with van der Waals surface area (Å²) < 4.78 is 0. The van der Waals surface area contributed by atoms with Crippen LogP contribution in [0.15, 0.2) is 36.4 Å². The summed E-state index contributed by atoms with van der Waals surface area (Å²) in [6.07, 6.45) is 0.0357. The van der Waals surface area contributed by atoms with Gasteiger partial charge in [0.05, 0.1) is 0 Å². The minimum Gasteiger partial charge on any atom is -0.508 e. The van der Waals surface area contributed by atoms with Crippen LogP contribution < -0.4 is 0 Å². The van der Waals surface area contributed by atoms with E-state index in [-0.39, 0.29) is 34.8 Å². The van der Waals surface area contributed by atoms with Gasteiger partial charge in [-0.1, -0.05) is 12.1 Å². The van der Waals surface area contributed by atoms with Gasteiger partial charge in [-0.3, -0.25) is 0 Å². The highest BCUT2D eigenvalue weighted by molar-refractivity contribution is 5.89. The molecule has 102 valence electrons. The summed E-state index contributed by atoms with van der Waals surface area (Å²) in [5.41, 5.74) is 1.09. The van der Waals surface area contributed by atoms with Crippen LogP contribution in [0, 0.1) is 0 Å². The molecule has 0 bridgehead atoms. The highest BCUT2D eigenvalue weighted by Gasteiger charge is 2.12. The minimum absolute atomic E-state index is 0.0357. The average Bonchev–Trinajstić information content (AvgIpc) is 2.42. The van der Waals surface area contributed by atoms with Gasteiger partial charge >= 0.3 is 0 Å². The normalized spacial score (nSPS) is 10.0. The second-order valence-corrected chi connectivity index (χ2v) is 4.27. The van der Waals surface area contributed by atoms with Gasteiger partial charge in [-0.25, -0.2) is 4.79 Å². The van der Waals surface area contributed by atoms with Gasteiger partial charge in [0, 0.05) is 23.6 Å². The molecule has 0 aliphatic heterocycles. The van der Waals surface area contributed by atoms with Crippen molar-refractivity contribution in [2.75, 3.05) is 0 Å². The second-order valence-electron chi connectivity index (χ2n) is 4.27. The Hall–Kier alpha value is -2.91. The largest absolute Gasteiger partial charge is 0.508 e. The molecule has 0 unspecified atom stereocenters. The molecule has 2 aromatic carbocycles. The number of hydrogen-bond donors (Lipinski definition) is 4. The Morgan fingerprint density at radius 3 is 2.10 bits per heavy atom. The maximum atomic E-state index is 11.0. The Labute approximate surface area is 114 Å². The summed E-state index contributed by atoms with van der Waals surface area (Å²) in [5, 5.41) is 37.6. The van der Waals surface area contributed by atoms with Gasteiger partial charge in [-0.15, -0.1) is 0 Å². The lowest BCUT2D eigenvalue weighted by Gasteiger charge is -2.08. The molecule has 2 aromatic rings. The molecule has 0 aromatic heterocycles. The Morgan fingerprint density at radius 2 is 1.50 bits per heavy atom. The van der Waals surface area contributed by atoms with Crippen molar-refractivity contribution >= 4 is 11.5 Å². The highest BCUT2D eigenvalue weighted by atomic mass is 16.3. The fraction of sp³-hybridized carbons (Fsp3) is 0.0667. The van der Waals surface area contributed by atoms with Crippen molar-refractivity contribution in [3.63, 3.8) is 0 Å². The van der Waals surface area contributed by atoms with Crippen LogP contribution in [-0.4, -0.2) is 26.4 Å². The standard InChI is InChI=1S/C15H12O5/c16-8-11(9-1-3-12(17)4-2-9)5-10-6-14(19)15(20)7-13(10)18/h1-4,6-7,17-20H,5H2. The zero-order valence-corrected chi connectivity index (χ0v) is 10.4. The van der Waals surface area contributed by atoms with E-state index in [0.717, 1.165) is 6.07 Å². The van der Waals surface area contributed by atoms with Gasteiger partial charge in [0.2, 0.25) is 0 Å². The summed E-state index contributed by atoms with van der Waals surface area (Å²) >= 11 is 0. The summed E-state index contributed by atoms with van der Waals surface area (Å²) in [5.74, 6) is 0.803. The fourth-order valence-electron chi connectivity index (χ4n) is 1.80. The summed E-state index contributed by atoms with van der Waals surface area (Å²) in [7, 11) is 0. The Kier molecular flexibility index (Phi) is 3.64. The molecule has 0 saturated heterocycles. The number of rotatable bonds is 3. The molecular weight excluding hydrogens is 260 g/mol. The lowest BCUT2D eigenvalue weighted by atomic mass is 9.98. The number of benzene rings is 2. The van der Waals surface area contributed by atoms with Crippen LogP contribution in [0.1, 0.15) is 11.1 Å². The van der Waals surface area contributed by atoms with Crippen molar-refractivity contribution in [2.24, 2.45) is 0 Å². The lowest BCUT2D eigenvalue weighted by molar-refractivity contribution is 0.395. The molecule has 4 N–H and O–H groups in total. The SMILES string of the molecule is O=C=C(Cc1cc(O)c(O)cc1O)c1ccc(O)cc1. The lowest BCUT2D eigenvalue weighted by Crippen LogP contribution is -1.92. The van der Waals surface area contributed by atoms with E-state index in [0.29, 0.717) is 5.56 Å². The molecule has 0 amide bonds. The van der Waals surface area contributed by atoms with Gasteiger partial charge in [0.1, 0.15) is 17.4 Å². The molecule has 5 nitrogen and oxygen atoms in total. The van der Waals surface area contributed by atoms with Crippen molar-refractivity contribution in [3.05, 3.63) is 47.5 Å². The van der Waals surface area contributed by atoms with E-state index < -0.39 is 5.75 Å². The highest BCUT2D eigenvalue weighted by Crippen LogP contribution is 2.34. The number of allylic oxidation sites excluding steroid dienone is 1. The third-order valence-corrected chi connectivity index (χ3v) is 2.88. The van der Waals surface area contributed by atoms with Gasteiger partial charge in [-0.05, 0) is 23.8 Å². The monoisotopic (exact) mass is 272 g/mol. The summed E-state index contributed by atoms with van der Waals surface area (Å²) in [6, 6.07) is 8.15. The quantitative estimate of drug-likeness (QED) is 0.389. The average molecular weight is 272 g/mol. The molecular formula is C15H12O5. The second kappa shape index (κ2) is 5.38. The Morgan fingerprint density at radius 1 is 0.900 bits per heavy atom. The van der Waals surface area contributed by atoms with E-state index in [1.807, 2.05) is 0 Å². The number of hydrogen-bond acceptors (Lipinski definition) is 5.